The van der Waals surface area contributed by atoms with E-state index in [1.54, 1.807) is 7.11 Å². The first-order valence-corrected chi connectivity index (χ1v) is 11.4. The van der Waals surface area contributed by atoms with Gasteiger partial charge in [-0.15, -0.1) is 0 Å². The van der Waals surface area contributed by atoms with Gasteiger partial charge in [-0.05, 0) is 56.2 Å². The zero-order chi connectivity index (χ0) is 22.3. The maximum Gasteiger partial charge on any atom is 0.315 e. The average Bonchev–Trinajstić information content (AvgIpc) is 3.26. The minimum atomic E-state index is -0.116. The number of furan rings is 1. The second-order valence-electron chi connectivity index (χ2n) is 8.43. The van der Waals surface area contributed by atoms with E-state index in [9.17, 15) is 4.79 Å². The molecule has 0 bridgehead atoms. The van der Waals surface area contributed by atoms with Gasteiger partial charge in [0.05, 0.1) is 26.4 Å². The van der Waals surface area contributed by atoms with Gasteiger partial charge in [0.1, 0.15) is 17.3 Å². The molecule has 0 saturated carbocycles. The number of rotatable bonds is 7. The van der Waals surface area contributed by atoms with Crippen LogP contribution in [0.5, 0.6) is 5.75 Å². The van der Waals surface area contributed by atoms with Gasteiger partial charge in [-0.2, -0.15) is 0 Å². The molecule has 2 N–H and O–H groups in total. The Morgan fingerprint density at radius 3 is 2.44 bits per heavy atom. The van der Waals surface area contributed by atoms with Gasteiger partial charge in [0.25, 0.3) is 0 Å². The molecule has 0 aliphatic carbocycles. The minimum absolute atomic E-state index is 0.00951. The highest BCUT2D eigenvalue weighted by Gasteiger charge is 2.26. The second kappa shape index (κ2) is 10.7. The summed E-state index contributed by atoms with van der Waals surface area (Å²) >= 11 is 0. The fourth-order valence-corrected chi connectivity index (χ4v) is 4.43. The number of carbonyl (C=O) groups excluding carboxylic acids is 1. The lowest BCUT2D eigenvalue weighted by Gasteiger charge is -2.35. The quantitative estimate of drug-likeness (QED) is 0.687. The molecule has 2 fully saturated rings. The zero-order valence-electron chi connectivity index (χ0n) is 19.0. The summed E-state index contributed by atoms with van der Waals surface area (Å²) < 4.78 is 16.6. The molecule has 1 unspecified atom stereocenters. The molecule has 8 heteroatoms. The summed E-state index contributed by atoms with van der Waals surface area (Å²) in [7, 11) is 1.68. The number of ether oxygens (including phenoxy) is 2. The highest BCUT2D eigenvalue weighted by molar-refractivity contribution is 5.74. The number of benzene rings is 1. The van der Waals surface area contributed by atoms with Crippen molar-refractivity contribution in [1.82, 2.24) is 15.5 Å². The smallest absolute Gasteiger partial charge is 0.315 e. The molecular weight excluding hydrogens is 408 g/mol. The van der Waals surface area contributed by atoms with Crippen molar-refractivity contribution < 1.29 is 18.7 Å². The van der Waals surface area contributed by atoms with Gasteiger partial charge in [-0.25, -0.2) is 4.79 Å². The highest BCUT2D eigenvalue weighted by atomic mass is 16.5. The van der Waals surface area contributed by atoms with Crippen molar-refractivity contribution in [2.75, 3.05) is 57.9 Å². The average molecular weight is 443 g/mol. The van der Waals surface area contributed by atoms with Gasteiger partial charge in [0.2, 0.25) is 0 Å². The molecule has 2 aliphatic rings. The van der Waals surface area contributed by atoms with E-state index in [1.165, 1.54) is 5.69 Å². The summed E-state index contributed by atoms with van der Waals surface area (Å²) in [6.45, 7) is 7.35. The molecule has 1 aromatic heterocycles. The number of nitrogens with zero attached hydrogens (tertiary/aromatic N) is 2. The lowest BCUT2D eigenvalue weighted by atomic mass is 10.0. The number of aryl methyl sites for hydroxylation is 1. The van der Waals surface area contributed by atoms with Crippen LogP contribution >= 0.6 is 0 Å². The third-order valence-electron chi connectivity index (χ3n) is 6.30. The van der Waals surface area contributed by atoms with Crippen molar-refractivity contribution in [2.24, 2.45) is 0 Å². The van der Waals surface area contributed by atoms with E-state index in [1.807, 2.05) is 31.2 Å². The van der Waals surface area contributed by atoms with Crippen LogP contribution in [0.4, 0.5) is 10.5 Å². The number of anilines is 1. The Kier molecular flexibility index (Phi) is 7.55. The molecule has 2 saturated heterocycles. The van der Waals surface area contributed by atoms with E-state index in [4.69, 9.17) is 13.9 Å². The lowest BCUT2D eigenvalue weighted by molar-refractivity contribution is 0.0121. The third kappa shape index (κ3) is 5.75. The first kappa shape index (κ1) is 22.5. The molecule has 4 rings (SSSR count). The van der Waals surface area contributed by atoms with E-state index in [0.717, 1.165) is 56.3 Å². The van der Waals surface area contributed by atoms with Crippen LogP contribution < -0.4 is 20.3 Å². The van der Waals surface area contributed by atoms with E-state index < -0.39 is 0 Å². The van der Waals surface area contributed by atoms with Gasteiger partial charge in [0, 0.05) is 44.5 Å². The molecule has 1 atom stereocenters. The number of nitrogens with one attached hydrogen (secondary N) is 2. The van der Waals surface area contributed by atoms with Crippen LogP contribution in [0.3, 0.4) is 0 Å². The Morgan fingerprint density at radius 1 is 1.09 bits per heavy atom. The van der Waals surface area contributed by atoms with Crippen molar-refractivity contribution in [3.8, 4) is 5.75 Å². The monoisotopic (exact) mass is 442 g/mol. The van der Waals surface area contributed by atoms with Crippen LogP contribution in [0.15, 0.2) is 40.8 Å². The molecule has 2 amide bonds. The standard InChI is InChI=1S/C24H34N4O4/c1-18-3-8-23(32-18)22(28-13-15-31-16-14-28)17-25-24(29)26-19-9-11-27(12-10-19)20-4-6-21(30-2)7-5-20/h3-8,19,22H,9-17H2,1-2H3,(H2,25,26,29). The van der Waals surface area contributed by atoms with Gasteiger partial charge in [-0.3, -0.25) is 4.90 Å². The number of methoxy groups -OCH3 is 1. The Morgan fingerprint density at radius 2 is 1.81 bits per heavy atom. The van der Waals surface area contributed by atoms with Crippen molar-refractivity contribution in [3.05, 3.63) is 47.9 Å². The zero-order valence-corrected chi connectivity index (χ0v) is 19.0. The SMILES string of the molecule is COc1ccc(N2CCC(NC(=O)NCC(c3ccc(C)o3)N3CCOCC3)CC2)cc1. The maximum atomic E-state index is 12.6. The van der Waals surface area contributed by atoms with E-state index in [2.05, 4.69) is 32.6 Å². The second-order valence-corrected chi connectivity index (χ2v) is 8.43. The van der Waals surface area contributed by atoms with Gasteiger partial charge in [-0.1, -0.05) is 0 Å². The molecular formula is C24H34N4O4. The topological polar surface area (TPSA) is 79.2 Å². The third-order valence-corrected chi connectivity index (χ3v) is 6.30. The Hall–Kier alpha value is -2.71. The summed E-state index contributed by atoms with van der Waals surface area (Å²) in [5, 5.41) is 6.22. The fraction of sp³-hybridized carbons (Fsp3) is 0.542. The molecule has 0 spiro atoms. The fourth-order valence-electron chi connectivity index (χ4n) is 4.43. The molecule has 1 aromatic carbocycles. The summed E-state index contributed by atoms with van der Waals surface area (Å²) in [6.07, 6.45) is 1.84. The minimum Gasteiger partial charge on any atom is -0.497 e. The van der Waals surface area contributed by atoms with Crippen LogP contribution in [0.1, 0.15) is 30.4 Å². The Balaban J connectivity index is 1.25. The molecule has 0 radical (unpaired) electrons. The van der Waals surface area contributed by atoms with Crippen molar-refractivity contribution >= 4 is 11.7 Å². The summed E-state index contributed by atoms with van der Waals surface area (Å²) in [5.74, 6) is 2.63. The first-order chi connectivity index (χ1) is 15.6. The van der Waals surface area contributed by atoms with E-state index >= 15 is 0 Å². The van der Waals surface area contributed by atoms with Crippen LogP contribution in [0.2, 0.25) is 0 Å². The molecule has 8 nitrogen and oxygen atoms in total. The number of urea groups is 1. The number of hydrogen-bond acceptors (Lipinski definition) is 6. The molecule has 174 valence electrons. The molecule has 2 aromatic rings. The maximum absolute atomic E-state index is 12.6. The van der Waals surface area contributed by atoms with Crippen LogP contribution in [0, 0.1) is 6.92 Å². The van der Waals surface area contributed by atoms with E-state index in [-0.39, 0.29) is 18.1 Å². The van der Waals surface area contributed by atoms with Crippen LogP contribution in [-0.4, -0.2) is 70.0 Å². The van der Waals surface area contributed by atoms with Crippen LogP contribution in [0.25, 0.3) is 0 Å². The Bertz CT molecular complexity index is 855. The van der Waals surface area contributed by atoms with Crippen LogP contribution in [-0.2, 0) is 4.74 Å². The number of carbonyl (C=O) groups is 1. The predicted octanol–water partition coefficient (Wildman–Crippen LogP) is 2.94. The number of piperidine rings is 1. The Labute approximate surface area is 189 Å². The highest BCUT2D eigenvalue weighted by Crippen LogP contribution is 2.24. The molecule has 32 heavy (non-hydrogen) atoms. The summed E-state index contributed by atoms with van der Waals surface area (Å²) in [5.41, 5.74) is 1.19. The number of morpholine rings is 1. The summed E-state index contributed by atoms with van der Waals surface area (Å²) in [6, 6.07) is 12.2. The lowest BCUT2D eigenvalue weighted by Crippen LogP contribution is -2.50. The van der Waals surface area contributed by atoms with Gasteiger partial charge in [0.15, 0.2) is 0 Å². The molecule has 2 aliphatic heterocycles. The van der Waals surface area contributed by atoms with Crippen molar-refractivity contribution in [2.45, 2.75) is 31.8 Å². The largest absolute Gasteiger partial charge is 0.497 e. The van der Waals surface area contributed by atoms with Gasteiger partial charge < -0.3 is 29.4 Å². The molecule has 3 heterocycles. The van der Waals surface area contributed by atoms with Crippen molar-refractivity contribution in [3.63, 3.8) is 0 Å². The number of hydrogen-bond donors (Lipinski definition) is 2. The first-order valence-electron chi connectivity index (χ1n) is 11.4. The van der Waals surface area contributed by atoms with Gasteiger partial charge >= 0.3 is 6.03 Å². The predicted molar refractivity (Wildman–Crippen MR) is 123 cm³/mol. The normalized spacial score (nSPS) is 18.9. The van der Waals surface area contributed by atoms with Crippen molar-refractivity contribution in [1.29, 1.82) is 0 Å². The van der Waals surface area contributed by atoms with E-state index in [0.29, 0.717) is 19.8 Å². The number of amides is 2. The summed E-state index contributed by atoms with van der Waals surface area (Å²) in [4.78, 5) is 17.3.